The van der Waals surface area contributed by atoms with E-state index in [2.05, 4.69) is 10.1 Å². The first-order valence-corrected chi connectivity index (χ1v) is 6.76. The first-order chi connectivity index (χ1) is 10.3. The Morgan fingerprint density at radius 2 is 2.05 bits per heavy atom. The second kappa shape index (κ2) is 6.95. The van der Waals surface area contributed by atoms with E-state index in [-0.39, 0.29) is 18.0 Å². The van der Waals surface area contributed by atoms with Gasteiger partial charge in [0.25, 0.3) is 5.56 Å². The van der Waals surface area contributed by atoms with E-state index >= 15 is 0 Å². The van der Waals surface area contributed by atoms with Crippen LogP contribution in [0.2, 0.25) is 0 Å². The van der Waals surface area contributed by atoms with E-state index in [0.29, 0.717) is 17.1 Å². The Bertz CT molecular complexity index is 815. The number of hydrogen-bond acceptors (Lipinski definition) is 3. The molecule has 2 aromatic heterocycles. The molecule has 0 fully saturated rings. The van der Waals surface area contributed by atoms with Crippen LogP contribution in [0.3, 0.4) is 0 Å². The zero-order chi connectivity index (χ0) is 14.7. The van der Waals surface area contributed by atoms with E-state index in [1.165, 1.54) is 0 Å². The predicted molar refractivity (Wildman–Crippen MR) is 88.4 cm³/mol. The minimum absolute atomic E-state index is 0. The lowest BCUT2D eigenvalue weighted by Gasteiger charge is -1.99. The third-order valence-corrected chi connectivity index (χ3v) is 3.09. The molecule has 0 saturated heterocycles. The van der Waals surface area contributed by atoms with Gasteiger partial charge in [-0.3, -0.25) is 14.6 Å². The molecule has 114 valence electrons. The van der Waals surface area contributed by atoms with Gasteiger partial charge in [-0.2, -0.15) is 0 Å². The summed E-state index contributed by atoms with van der Waals surface area (Å²) in [5.41, 5.74) is 2.04. The van der Waals surface area contributed by atoms with Crippen LogP contribution in [0.4, 0.5) is 0 Å². The number of oxazole rings is 1. The van der Waals surface area contributed by atoms with Gasteiger partial charge in [0.15, 0.2) is 5.89 Å². The molecule has 22 heavy (non-hydrogen) atoms. The van der Waals surface area contributed by atoms with E-state index in [0.717, 1.165) is 12.1 Å². The topological polar surface area (TPSA) is 63.8 Å². The zero-order valence-electron chi connectivity index (χ0n) is 12.0. The summed E-state index contributed by atoms with van der Waals surface area (Å²) in [5, 5.41) is 2.78. The van der Waals surface area contributed by atoms with Crippen molar-refractivity contribution in [3.63, 3.8) is 0 Å². The third kappa shape index (κ3) is 3.38. The number of rotatable bonds is 4. The molecule has 0 aliphatic heterocycles. The Balaban J connectivity index is 0.00000176. The van der Waals surface area contributed by atoms with Gasteiger partial charge in [0, 0.05) is 12.6 Å². The van der Waals surface area contributed by atoms with Gasteiger partial charge in [0.1, 0.15) is 12.0 Å². The Hall–Kier alpha value is -2.53. The number of H-pyrrole nitrogens is 1. The zero-order valence-corrected chi connectivity index (χ0v) is 12.8. The SMILES string of the molecule is CCc1nc(C=Cc2cn(-c3ccccc3)[nH]c2=O)co1.Cl. The van der Waals surface area contributed by atoms with Crippen molar-refractivity contribution in [3.8, 4) is 5.69 Å². The highest BCUT2D eigenvalue weighted by molar-refractivity contribution is 5.85. The van der Waals surface area contributed by atoms with E-state index < -0.39 is 0 Å². The molecular formula is C16H16ClN3O2. The molecule has 3 aromatic rings. The second-order valence-electron chi connectivity index (χ2n) is 4.58. The predicted octanol–water partition coefficient (Wildman–Crippen LogP) is 3.31. The summed E-state index contributed by atoms with van der Waals surface area (Å²) in [5.74, 6) is 0.686. The average molecular weight is 318 g/mol. The lowest BCUT2D eigenvalue weighted by molar-refractivity contribution is 0.501. The average Bonchev–Trinajstić information content (AvgIpc) is 3.12. The number of aromatic nitrogens is 3. The molecule has 5 nitrogen and oxygen atoms in total. The molecule has 0 saturated carbocycles. The molecule has 2 heterocycles. The van der Waals surface area contributed by atoms with Crippen LogP contribution in [-0.2, 0) is 6.42 Å². The van der Waals surface area contributed by atoms with Crippen molar-refractivity contribution in [2.75, 3.05) is 0 Å². The second-order valence-corrected chi connectivity index (χ2v) is 4.58. The van der Waals surface area contributed by atoms with E-state index in [1.807, 2.05) is 37.3 Å². The minimum Gasteiger partial charge on any atom is -0.448 e. The summed E-state index contributed by atoms with van der Waals surface area (Å²) in [6, 6.07) is 9.63. The van der Waals surface area contributed by atoms with Crippen molar-refractivity contribution >= 4 is 24.6 Å². The standard InChI is InChI=1S/C16H15N3O2.ClH/c1-2-15-17-13(11-21-15)9-8-12-10-19(18-16(12)20)14-6-4-3-5-7-14;/h3-11H,2H2,1H3,(H,18,20);1H. The summed E-state index contributed by atoms with van der Waals surface area (Å²) >= 11 is 0. The number of nitrogens with zero attached hydrogens (tertiary/aromatic N) is 2. The number of nitrogens with one attached hydrogen (secondary N) is 1. The fraction of sp³-hybridized carbons (Fsp3) is 0.125. The van der Waals surface area contributed by atoms with Gasteiger partial charge in [-0.15, -0.1) is 12.4 Å². The first-order valence-electron chi connectivity index (χ1n) is 6.76. The molecule has 0 aliphatic rings. The van der Waals surface area contributed by atoms with Crippen LogP contribution < -0.4 is 5.56 Å². The molecule has 1 aromatic carbocycles. The van der Waals surface area contributed by atoms with Gasteiger partial charge >= 0.3 is 0 Å². The molecule has 0 radical (unpaired) electrons. The molecular weight excluding hydrogens is 302 g/mol. The fourth-order valence-electron chi connectivity index (χ4n) is 1.99. The molecule has 0 spiro atoms. The molecule has 0 aliphatic carbocycles. The largest absolute Gasteiger partial charge is 0.448 e. The highest BCUT2D eigenvalue weighted by atomic mass is 35.5. The normalized spacial score (nSPS) is 10.8. The van der Waals surface area contributed by atoms with Crippen molar-refractivity contribution in [1.29, 1.82) is 0 Å². The van der Waals surface area contributed by atoms with Crippen LogP contribution in [0.25, 0.3) is 17.8 Å². The number of halogens is 1. The minimum atomic E-state index is -0.144. The van der Waals surface area contributed by atoms with E-state index in [1.54, 1.807) is 29.3 Å². The maximum absolute atomic E-state index is 11.9. The van der Waals surface area contributed by atoms with Gasteiger partial charge in [0.05, 0.1) is 11.3 Å². The van der Waals surface area contributed by atoms with Gasteiger partial charge in [-0.1, -0.05) is 25.1 Å². The molecule has 1 N–H and O–H groups in total. The number of para-hydroxylation sites is 1. The summed E-state index contributed by atoms with van der Waals surface area (Å²) in [4.78, 5) is 16.2. The quantitative estimate of drug-likeness (QED) is 0.803. The van der Waals surface area contributed by atoms with Crippen molar-refractivity contribution in [2.24, 2.45) is 0 Å². The van der Waals surface area contributed by atoms with E-state index in [4.69, 9.17) is 4.42 Å². The highest BCUT2D eigenvalue weighted by Gasteiger charge is 2.03. The molecule has 3 rings (SSSR count). The van der Waals surface area contributed by atoms with Crippen molar-refractivity contribution in [3.05, 3.63) is 70.3 Å². The van der Waals surface area contributed by atoms with Gasteiger partial charge < -0.3 is 4.42 Å². The molecule has 0 unspecified atom stereocenters. The van der Waals surface area contributed by atoms with Crippen molar-refractivity contribution in [1.82, 2.24) is 14.8 Å². The van der Waals surface area contributed by atoms with Crippen LogP contribution >= 0.6 is 12.4 Å². The smallest absolute Gasteiger partial charge is 0.271 e. The Labute approximate surface area is 133 Å². The number of hydrogen-bond donors (Lipinski definition) is 1. The number of aromatic amines is 1. The summed E-state index contributed by atoms with van der Waals surface area (Å²) in [6.45, 7) is 1.98. The monoisotopic (exact) mass is 317 g/mol. The van der Waals surface area contributed by atoms with Crippen LogP contribution in [0, 0.1) is 0 Å². The molecule has 0 amide bonds. The van der Waals surface area contributed by atoms with Crippen LogP contribution in [0.5, 0.6) is 0 Å². The lowest BCUT2D eigenvalue weighted by atomic mass is 10.3. The van der Waals surface area contributed by atoms with Crippen LogP contribution in [0.1, 0.15) is 24.1 Å². The third-order valence-electron chi connectivity index (χ3n) is 3.09. The van der Waals surface area contributed by atoms with Gasteiger partial charge in [-0.05, 0) is 24.3 Å². The highest BCUT2D eigenvalue weighted by Crippen LogP contribution is 2.09. The first kappa shape index (κ1) is 15.9. The Morgan fingerprint density at radius 3 is 2.73 bits per heavy atom. The summed E-state index contributed by atoms with van der Waals surface area (Å²) in [7, 11) is 0. The Kier molecular flexibility index (Phi) is 5.01. The fourth-order valence-corrected chi connectivity index (χ4v) is 1.99. The van der Waals surface area contributed by atoms with Crippen LogP contribution in [0.15, 0.2) is 52.0 Å². The van der Waals surface area contributed by atoms with Gasteiger partial charge in [-0.25, -0.2) is 4.98 Å². The lowest BCUT2D eigenvalue weighted by Crippen LogP contribution is -2.04. The van der Waals surface area contributed by atoms with Gasteiger partial charge in [0.2, 0.25) is 0 Å². The Morgan fingerprint density at radius 1 is 1.27 bits per heavy atom. The maximum atomic E-state index is 11.9. The molecule has 6 heteroatoms. The number of benzene rings is 1. The van der Waals surface area contributed by atoms with E-state index in [9.17, 15) is 4.79 Å². The molecule has 0 atom stereocenters. The van der Waals surface area contributed by atoms with Crippen LogP contribution in [-0.4, -0.2) is 14.8 Å². The maximum Gasteiger partial charge on any atom is 0.271 e. The number of aryl methyl sites for hydroxylation is 1. The molecule has 0 bridgehead atoms. The van der Waals surface area contributed by atoms with Crippen molar-refractivity contribution < 1.29 is 4.42 Å². The summed E-state index contributed by atoms with van der Waals surface area (Å²) < 4.78 is 6.95. The summed E-state index contributed by atoms with van der Waals surface area (Å²) in [6.07, 6.45) is 7.59. The van der Waals surface area contributed by atoms with Crippen molar-refractivity contribution in [2.45, 2.75) is 13.3 Å².